The first kappa shape index (κ1) is 18.9. The van der Waals surface area contributed by atoms with E-state index in [1.54, 1.807) is 7.11 Å². The van der Waals surface area contributed by atoms with Crippen LogP contribution in [0.1, 0.15) is 5.56 Å². The Morgan fingerprint density at radius 2 is 1.88 bits per heavy atom. The van der Waals surface area contributed by atoms with E-state index in [4.69, 9.17) is 9.47 Å². The number of aliphatic carboxylic acids is 1. The maximum atomic E-state index is 11.7. The van der Waals surface area contributed by atoms with Crippen molar-refractivity contribution in [2.24, 2.45) is 5.92 Å². The van der Waals surface area contributed by atoms with Gasteiger partial charge in [-0.15, -0.1) is 0 Å². The van der Waals surface area contributed by atoms with Crippen LogP contribution < -0.4 is 5.32 Å². The molecule has 0 aliphatic carbocycles. The molecule has 2 N–H and O–H groups in total. The van der Waals surface area contributed by atoms with Gasteiger partial charge in [-0.3, -0.25) is 9.59 Å². The first-order chi connectivity index (χ1) is 12.1. The fraction of sp³-hybridized carbons (Fsp3) is 0.368. The van der Waals surface area contributed by atoms with Gasteiger partial charge in [-0.05, 0) is 22.8 Å². The number of methoxy groups -OCH3 is 1. The summed E-state index contributed by atoms with van der Waals surface area (Å²) in [4.78, 5) is 23.2. The number of benzene rings is 2. The first-order valence-electron chi connectivity index (χ1n) is 8.14. The molecule has 0 aromatic heterocycles. The van der Waals surface area contributed by atoms with Crippen LogP contribution in [0.4, 0.5) is 0 Å². The number of hydrogen-bond acceptors (Lipinski definition) is 4. The zero-order valence-corrected chi connectivity index (χ0v) is 14.2. The second kappa shape index (κ2) is 9.76. The molecule has 0 heterocycles. The van der Waals surface area contributed by atoms with Gasteiger partial charge in [0.05, 0.1) is 19.1 Å². The Bertz CT molecular complexity index is 716. The van der Waals surface area contributed by atoms with E-state index < -0.39 is 11.9 Å². The van der Waals surface area contributed by atoms with Crippen LogP contribution in [-0.4, -0.2) is 50.5 Å². The zero-order chi connectivity index (χ0) is 18.1. The smallest absolute Gasteiger partial charge is 0.308 e. The van der Waals surface area contributed by atoms with Crippen LogP contribution in [0.5, 0.6) is 0 Å². The quantitative estimate of drug-likeness (QED) is 0.642. The van der Waals surface area contributed by atoms with Gasteiger partial charge in [-0.2, -0.15) is 0 Å². The molecule has 0 saturated carbocycles. The molecule has 2 aromatic rings. The van der Waals surface area contributed by atoms with Crippen molar-refractivity contribution in [2.75, 3.05) is 33.5 Å². The summed E-state index contributed by atoms with van der Waals surface area (Å²) in [6, 6.07) is 13.8. The first-order valence-corrected chi connectivity index (χ1v) is 8.14. The van der Waals surface area contributed by atoms with Crippen LogP contribution in [-0.2, 0) is 25.5 Å². The molecule has 0 spiro atoms. The lowest BCUT2D eigenvalue weighted by Crippen LogP contribution is -2.36. The summed E-state index contributed by atoms with van der Waals surface area (Å²) in [5.74, 6) is -1.96. The number of rotatable bonds is 10. The Kier molecular flexibility index (Phi) is 7.37. The van der Waals surface area contributed by atoms with Crippen LogP contribution in [0.3, 0.4) is 0 Å². The topological polar surface area (TPSA) is 84.9 Å². The van der Waals surface area contributed by atoms with E-state index in [2.05, 4.69) is 5.32 Å². The highest BCUT2D eigenvalue weighted by Crippen LogP contribution is 2.18. The third-order valence-corrected chi connectivity index (χ3v) is 3.86. The lowest BCUT2D eigenvalue weighted by atomic mass is 9.97. The molecule has 1 amide bonds. The highest BCUT2D eigenvalue weighted by molar-refractivity contribution is 5.83. The highest BCUT2D eigenvalue weighted by atomic mass is 16.5. The third-order valence-electron chi connectivity index (χ3n) is 3.86. The van der Waals surface area contributed by atoms with Crippen LogP contribution in [0, 0.1) is 5.92 Å². The van der Waals surface area contributed by atoms with Crippen molar-refractivity contribution in [1.29, 1.82) is 0 Å². The summed E-state index contributed by atoms with van der Waals surface area (Å²) >= 11 is 0. The number of carbonyl (C=O) groups excluding carboxylic acids is 1. The summed E-state index contributed by atoms with van der Waals surface area (Å²) < 4.78 is 9.93. The molecule has 0 aliphatic rings. The van der Waals surface area contributed by atoms with Gasteiger partial charge in [0.25, 0.3) is 0 Å². The minimum atomic E-state index is -0.936. The van der Waals surface area contributed by atoms with Gasteiger partial charge in [-0.25, -0.2) is 0 Å². The van der Waals surface area contributed by atoms with Crippen LogP contribution >= 0.6 is 0 Å². The zero-order valence-electron chi connectivity index (χ0n) is 14.2. The van der Waals surface area contributed by atoms with Crippen LogP contribution in [0.25, 0.3) is 10.8 Å². The van der Waals surface area contributed by atoms with Crippen molar-refractivity contribution in [3.63, 3.8) is 0 Å². The van der Waals surface area contributed by atoms with Crippen molar-refractivity contribution in [1.82, 2.24) is 5.32 Å². The fourth-order valence-electron chi connectivity index (χ4n) is 2.49. The Morgan fingerprint density at radius 3 is 2.60 bits per heavy atom. The standard InChI is InChI=1S/C19H23NO5/c1-24-8-9-25-13-18(21)20-12-17(19(22)23)11-14-6-7-15-4-2-3-5-16(15)10-14/h2-7,10,17H,8-9,11-13H2,1H3,(H,20,21)(H,22,23). The number of nitrogens with one attached hydrogen (secondary N) is 1. The number of carboxylic acids is 1. The number of fused-ring (bicyclic) bond motifs is 1. The number of hydrogen-bond donors (Lipinski definition) is 2. The molecule has 134 valence electrons. The van der Waals surface area contributed by atoms with Gasteiger partial charge in [0.15, 0.2) is 0 Å². The van der Waals surface area contributed by atoms with E-state index in [-0.39, 0.29) is 19.1 Å². The van der Waals surface area contributed by atoms with E-state index in [0.29, 0.717) is 19.6 Å². The summed E-state index contributed by atoms with van der Waals surface area (Å²) in [6.07, 6.45) is 0.352. The average Bonchev–Trinajstić information content (AvgIpc) is 2.62. The molecule has 1 atom stereocenters. The highest BCUT2D eigenvalue weighted by Gasteiger charge is 2.19. The Morgan fingerprint density at radius 1 is 1.12 bits per heavy atom. The molecule has 0 radical (unpaired) electrons. The molecule has 0 saturated heterocycles. The monoisotopic (exact) mass is 345 g/mol. The molecule has 0 fully saturated rings. The third kappa shape index (κ3) is 6.17. The average molecular weight is 345 g/mol. The van der Waals surface area contributed by atoms with E-state index >= 15 is 0 Å². The van der Waals surface area contributed by atoms with Crippen molar-refractivity contribution >= 4 is 22.6 Å². The summed E-state index contributed by atoms with van der Waals surface area (Å²) in [7, 11) is 1.55. The van der Waals surface area contributed by atoms with E-state index in [9.17, 15) is 14.7 Å². The van der Waals surface area contributed by atoms with E-state index in [1.807, 2.05) is 42.5 Å². The Hall–Kier alpha value is -2.44. The molecular formula is C19H23NO5. The molecule has 6 heteroatoms. The molecular weight excluding hydrogens is 322 g/mol. The van der Waals surface area contributed by atoms with Crippen molar-refractivity contribution in [2.45, 2.75) is 6.42 Å². The Labute approximate surface area is 146 Å². The summed E-state index contributed by atoms with van der Waals surface area (Å²) in [6.45, 7) is 0.691. The van der Waals surface area contributed by atoms with Crippen molar-refractivity contribution in [3.8, 4) is 0 Å². The lowest BCUT2D eigenvalue weighted by Gasteiger charge is -2.14. The maximum absolute atomic E-state index is 11.7. The lowest BCUT2D eigenvalue weighted by molar-refractivity contribution is -0.141. The number of ether oxygens (including phenoxy) is 2. The van der Waals surface area contributed by atoms with Crippen molar-refractivity contribution < 1.29 is 24.2 Å². The fourth-order valence-corrected chi connectivity index (χ4v) is 2.49. The second-order valence-electron chi connectivity index (χ2n) is 5.77. The van der Waals surface area contributed by atoms with E-state index in [1.165, 1.54) is 0 Å². The number of amides is 1. The predicted molar refractivity (Wildman–Crippen MR) is 94.5 cm³/mol. The number of carbonyl (C=O) groups is 2. The summed E-state index contributed by atoms with van der Waals surface area (Å²) in [5, 5.41) is 14.2. The van der Waals surface area contributed by atoms with Gasteiger partial charge in [-0.1, -0.05) is 42.5 Å². The normalized spacial score (nSPS) is 12.0. The second-order valence-corrected chi connectivity index (χ2v) is 5.77. The molecule has 6 nitrogen and oxygen atoms in total. The largest absolute Gasteiger partial charge is 0.481 e. The molecule has 25 heavy (non-hydrogen) atoms. The van der Waals surface area contributed by atoms with Gasteiger partial charge >= 0.3 is 5.97 Å². The maximum Gasteiger partial charge on any atom is 0.308 e. The minimum absolute atomic E-state index is 0.0641. The molecule has 0 aliphatic heterocycles. The Balaban J connectivity index is 1.89. The summed E-state index contributed by atoms with van der Waals surface area (Å²) in [5.41, 5.74) is 0.927. The SMILES string of the molecule is COCCOCC(=O)NCC(Cc1ccc2ccccc2c1)C(=O)O. The van der Waals surface area contributed by atoms with Crippen LogP contribution in [0.2, 0.25) is 0 Å². The molecule has 2 rings (SSSR count). The number of carboxylic acid groups (broad SMARTS) is 1. The predicted octanol–water partition coefficient (Wildman–Crippen LogP) is 1.86. The molecule has 0 bridgehead atoms. The van der Waals surface area contributed by atoms with Gasteiger partial charge in [0.2, 0.25) is 5.91 Å². The van der Waals surface area contributed by atoms with E-state index in [0.717, 1.165) is 16.3 Å². The van der Waals surface area contributed by atoms with Gasteiger partial charge in [0, 0.05) is 13.7 Å². The molecule has 1 unspecified atom stereocenters. The minimum Gasteiger partial charge on any atom is -0.481 e. The van der Waals surface area contributed by atoms with Crippen molar-refractivity contribution in [3.05, 3.63) is 48.0 Å². The molecule has 2 aromatic carbocycles. The van der Waals surface area contributed by atoms with Gasteiger partial charge < -0.3 is 19.9 Å². The van der Waals surface area contributed by atoms with Crippen LogP contribution in [0.15, 0.2) is 42.5 Å². The van der Waals surface area contributed by atoms with Gasteiger partial charge in [0.1, 0.15) is 6.61 Å².